The number of halogens is 2. The maximum absolute atomic E-state index is 14.5. The Kier molecular flexibility index (Phi) is 11.1. The lowest BCUT2D eigenvalue weighted by molar-refractivity contribution is -0.140. The van der Waals surface area contributed by atoms with E-state index >= 15 is 0 Å². The van der Waals surface area contributed by atoms with E-state index in [9.17, 15) is 18.0 Å². The van der Waals surface area contributed by atoms with Crippen LogP contribution in [0, 0.1) is 13.8 Å². The standard InChI is InChI=1S/C34H35Cl2N3O4S/c1-4-37-34(41)32(21-26-11-7-5-8-12-26)38(22-27-15-16-30(35)31(36)20-27)33(40)23-39(28-18-24(2)17-25(3)19-28)44(42,43)29-13-9-6-10-14-29/h5-20,32H,4,21-23H2,1-3H3,(H,37,41). The van der Waals surface area contributed by atoms with Crippen LogP contribution in [0.25, 0.3) is 0 Å². The van der Waals surface area contributed by atoms with Crippen molar-refractivity contribution >= 4 is 50.7 Å². The van der Waals surface area contributed by atoms with Gasteiger partial charge in [0.1, 0.15) is 12.6 Å². The van der Waals surface area contributed by atoms with Crippen molar-refractivity contribution in [2.24, 2.45) is 0 Å². The highest BCUT2D eigenvalue weighted by Crippen LogP contribution is 2.28. The van der Waals surface area contributed by atoms with E-state index in [2.05, 4.69) is 5.32 Å². The van der Waals surface area contributed by atoms with E-state index in [1.54, 1.807) is 55.5 Å². The second-order valence-corrected chi connectivity index (χ2v) is 13.2. The van der Waals surface area contributed by atoms with Crippen molar-refractivity contribution in [3.05, 3.63) is 129 Å². The summed E-state index contributed by atoms with van der Waals surface area (Å²) < 4.78 is 29.3. The van der Waals surface area contributed by atoms with Gasteiger partial charge < -0.3 is 10.2 Å². The summed E-state index contributed by atoms with van der Waals surface area (Å²) in [5, 5.41) is 3.51. The first-order chi connectivity index (χ1) is 21.0. The quantitative estimate of drug-likeness (QED) is 0.187. The molecule has 0 spiro atoms. The normalized spacial score (nSPS) is 11.9. The number of aryl methyl sites for hydroxylation is 2. The third-order valence-electron chi connectivity index (χ3n) is 7.06. The fourth-order valence-corrected chi connectivity index (χ4v) is 6.76. The van der Waals surface area contributed by atoms with Crippen molar-refractivity contribution in [1.29, 1.82) is 0 Å². The number of nitrogens with zero attached hydrogens (tertiary/aromatic N) is 2. The number of carbonyl (C=O) groups excluding carboxylic acids is 2. The molecule has 44 heavy (non-hydrogen) atoms. The van der Waals surface area contributed by atoms with Gasteiger partial charge in [0.25, 0.3) is 10.0 Å². The Labute approximate surface area is 269 Å². The molecule has 0 aliphatic heterocycles. The fourth-order valence-electron chi connectivity index (χ4n) is 5.02. The zero-order valence-corrected chi connectivity index (χ0v) is 27.2. The number of hydrogen-bond acceptors (Lipinski definition) is 4. The summed E-state index contributed by atoms with van der Waals surface area (Å²) in [5.41, 5.74) is 3.53. The Bertz CT molecular complexity index is 1700. The largest absolute Gasteiger partial charge is 0.355 e. The molecule has 0 aliphatic rings. The molecule has 0 radical (unpaired) electrons. The summed E-state index contributed by atoms with van der Waals surface area (Å²) >= 11 is 12.5. The van der Waals surface area contributed by atoms with Crippen LogP contribution in [0.2, 0.25) is 10.0 Å². The van der Waals surface area contributed by atoms with Crippen LogP contribution in [0.4, 0.5) is 5.69 Å². The average molecular weight is 653 g/mol. The van der Waals surface area contributed by atoms with E-state index in [0.717, 1.165) is 21.0 Å². The molecule has 0 fully saturated rings. The summed E-state index contributed by atoms with van der Waals surface area (Å²) in [6.45, 7) is 5.36. The number of anilines is 1. The van der Waals surface area contributed by atoms with Crippen LogP contribution >= 0.6 is 23.2 Å². The van der Waals surface area contributed by atoms with E-state index in [0.29, 0.717) is 27.8 Å². The third kappa shape index (κ3) is 8.20. The topological polar surface area (TPSA) is 86.8 Å². The molecule has 0 saturated heterocycles. The summed E-state index contributed by atoms with van der Waals surface area (Å²) in [4.78, 5) is 29.5. The van der Waals surface area contributed by atoms with Gasteiger partial charge >= 0.3 is 0 Å². The number of amides is 2. The minimum absolute atomic E-state index is 0.00355. The lowest BCUT2D eigenvalue weighted by Gasteiger charge is -2.34. The molecule has 0 aliphatic carbocycles. The van der Waals surface area contributed by atoms with Crippen molar-refractivity contribution in [2.75, 3.05) is 17.4 Å². The number of rotatable bonds is 12. The van der Waals surface area contributed by atoms with Crippen LogP contribution < -0.4 is 9.62 Å². The highest BCUT2D eigenvalue weighted by Gasteiger charge is 2.34. The maximum atomic E-state index is 14.5. The zero-order chi connectivity index (χ0) is 31.9. The minimum atomic E-state index is -4.17. The molecule has 4 aromatic carbocycles. The Morgan fingerprint density at radius 1 is 0.795 bits per heavy atom. The van der Waals surface area contributed by atoms with Crippen LogP contribution in [0.15, 0.2) is 102 Å². The molecular weight excluding hydrogens is 617 g/mol. The third-order valence-corrected chi connectivity index (χ3v) is 9.59. The second-order valence-electron chi connectivity index (χ2n) is 10.5. The van der Waals surface area contributed by atoms with Gasteiger partial charge in [-0.2, -0.15) is 0 Å². The van der Waals surface area contributed by atoms with Gasteiger partial charge in [-0.15, -0.1) is 0 Å². The number of sulfonamides is 1. The van der Waals surface area contributed by atoms with E-state index < -0.39 is 28.5 Å². The van der Waals surface area contributed by atoms with Crippen LogP contribution in [0.5, 0.6) is 0 Å². The average Bonchev–Trinajstić information content (AvgIpc) is 2.99. The predicted octanol–water partition coefficient (Wildman–Crippen LogP) is 6.58. The SMILES string of the molecule is CCNC(=O)C(Cc1ccccc1)N(Cc1ccc(Cl)c(Cl)c1)C(=O)CN(c1cc(C)cc(C)c1)S(=O)(=O)c1ccccc1. The van der Waals surface area contributed by atoms with E-state index in [4.69, 9.17) is 23.2 Å². The molecule has 7 nitrogen and oxygen atoms in total. The van der Waals surface area contributed by atoms with Crippen molar-refractivity contribution in [2.45, 2.75) is 44.7 Å². The number of nitrogens with one attached hydrogen (secondary N) is 1. The van der Waals surface area contributed by atoms with Crippen molar-refractivity contribution in [3.8, 4) is 0 Å². The lowest BCUT2D eigenvalue weighted by Crippen LogP contribution is -2.53. The molecular formula is C34H35Cl2N3O4S. The molecule has 4 rings (SSSR count). The number of likely N-dealkylation sites (N-methyl/N-ethyl adjacent to an activating group) is 1. The fraction of sp³-hybridized carbons (Fsp3) is 0.235. The summed E-state index contributed by atoms with van der Waals surface area (Å²) in [7, 11) is -4.17. The van der Waals surface area contributed by atoms with Gasteiger partial charge in [0.2, 0.25) is 11.8 Å². The molecule has 0 aromatic heterocycles. The Hall–Kier alpha value is -3.85. The van der Waals surface area contributed by atoms with Gasteiger partial charge in [0, 0.05) is 19.5 Å². The second kappa shape index (κ2) is 14.8. The molecule has 4 aromatic rings. The summed E-state index contributed by atoms with van der Waals surface area (Å²) in [6, 6.07) is 26.8. The first-order valence-electron chi connectivity index (χ1n) is 14.2. The highest BCUT2D eigenvalue weighted by atomic mass is 35.5. The molecule has 10 heteroatoms. The van der Waals surface area contributed by atoms with Gasteiger partial charge in [-0.05, 0) is 79.4 Å². The van der Waals surface area contributed by atoms with Gasteiger partial charge in [-0.3, -0.25) is 13.9 Å². The molecule has 230 valence electrons. The summed E-state index contributed by atoms with van der Waals surface area (Å²) in [6.07, 6.45) is 0.217. The first-order valence-corrected chi connectivity index (χ1v) is 16.4. The van der Waals surface area contributed by atoms with Crippen molar-refractivity contribution < 1.29 is 18.0 Å². The maximum Gasteiger partial charge on any atom is 0.264 e. The van der Waals surface area contributed by atoms with E-state index in [1.165, 1.54) is 17.0 Å². The van der Waals surface area contributed by atoms with Crippen LogP contribution in [0.3, 0.4) is 0 Å². The van der Waals surface area contributed by atoms with E-state index in [1.807, 2.05) is 50.2 Å². The van der Waals surface area contributed by atoms with Crippen LogP contribution in [-0.4, -0.2) is 44.3 Å². The van der Waals surface area contributed by atoms with Crippen LogP contribution in [0.1, 0.15) is 29.2 Å². The first kappa shape index (κ1) is 33.1. The number of carbonyl (C=O) groups is 2. The molecule has 1 unspecified atom stereocenters. The number of benzene rings is 4. The van der Waals surface area contributed by atoms with Crippen LogP contribution in [-0.2, 0) is 32.6 Å². The van der Waals surface area contributed by atoms with Gasteiger partial charge in [-0.1, -0.05) is 83.9 Å². The van der Waals surface area contributed by atoms with E-state index in [-0.39, 0.29) is 23.8 Å². The number of hydrogen-bond donors (Lipinski definition) is 1. The Morgan fingerprint density at radius 2 is 1.41 bits per heavy atom. The Balaban J connectivity index is 1.82. The molecule has 1 atom stereocenters. The Morgan fingerprint density at radius 3 is 2.00 bits per heavy atom. The van der Waals surface area contributed by atoms with Gasteiger partial charge in [0.05, 0.1) is 20.6 Å². The summed E-state index contributed by atoms with van der Waals surface area (Å²) in [5.74, 6) is -0.907. The molecule has 0 heterocycles. The highest BCUT2D eigenvalue weighted by molar-refractivity contribution is 7.92. The predicted molar refractivity (Wildman–Crippen MR) is 177 cm³/mol. The minimum Gasteiger partial charge on any atom is -0.355 e. The zero-order valence-electron chi connectivity index (χ0n) is 24.8. The van der Waals surface area contributed by atoms with Crippen molar-refractivity contribution in [1.82, 2.24) is 10.2 Å². The van der Waals surface area contributed by atoms with Crippen molar-refractivity contribution in [3.63, 3.8) is 0 Å². The van der Waals surface area contributed by atoms with Gasteiger partial charge in [-0.25, -0.2) is 8.42 Å². The smallest absolute Gasteiger partial charge is 0.264 e. The molecule has 0 bridgehead atoms. The molecule has 0 saturated carbocycles. The lowest BCUT2D eigenvalue weighted by atomic mass is 10.0. The molecule has 1 N–H and O–H groups in total. The monoisotopic (exact) mass is 651 g/mol. The molecule has 2 amide bonds. The van der Waals surface area contributed by atoms with Gasteiger partial charge in [0.15, 0.2) is 0 Å².